The van der Waals surface area contributed by atoms with Crippen LogP contribution in [-0.4, -0.2) is 98.3 Å². The standard InChI is InChI=1S/C20H31N5O4S2/c1-4-25-19-6-5-17(31(28,29)22(2)3)13-18(19)21-20(25)14-23-8-10-24(11-9-23)16-7-12-30(26,27)15-16/h5-6,13,16H,4,7-12,14-15H2,1-3H3/t16-/m0/s1. The van der Waals surface area contributed by atoms with Crippen LogP contribution >= 0.6 is 0 Å². The van der Waals surface area contributed by atoms with E-state index in [0.29, 0.717) is 17.8 Å². The van der Waals surface area contributed by atoms with Gasteiger partial charge in [0.1, 0.15) is 5.82 Å². The SMILES string of the molecule is CCn1c(CN2CCN([C@H]3CCS(=O)(=O)C3)CC2)nc2cc(S(=O)(=O)N(C)C)ccc21. The fourth-order valence-electron chi connectivity index (χ4n) is 4.55. The van der Waals surface area contributed by atoms with Gasteiger partial charge in [0.2, 0.25) is 10.0 Å². The first kappa shape index (κ1) is 22.7. The third-order valence-electron chi connectivity index (χ3n) is 6.39. The van der Waals surface area contributed by atoms with Gasteiger partial charge in [-0.1, -0.05) is 0 Å². The quantitative estimate of drug-likeness (QED) is 0.612. The van der Waals surface area contributed by atoms with Crippen molar-refractivity contribution in [1.29, 1.82) is 0 Å². The first-order valence-corrected chi connectivity index (χ1v) is 14.0. The van der Waals surface area contributed by atoms with Gasteiger partial charge in [0, 0.05) is 52.9 Å². The number of aromatic nitrogens is 2. The molecule has 0 bridgehead atoms. The van der Waals surface area contributed by atoms with E-state index in [1.54, 1.807) is 12.1 Å². The molecule has 4 rings (SSSR count). The first-order valence-electron chi connectivity index (χ1n) is 10.7. The van der Waals surface area contributed by atoms with E-state index >= 15 is 0 Å². The lowest BCUT2D eigenvalue weighted by Crippen LogP contribution is -2.50. The molecule has 3 heterocycles. The maximum atomic E-state index is 12.5. The van der Waals surface area contributed by atoms with Gasteiger partial charge in [-0.25, -0.2) is 26.1 Å². The summed E-state index contributed by atoms with van der Waals surface area (Å²) >= 11 is 0. The highest BCUT2D eigenvalue weighted by atomic mass is 32.2. The van der Waals surface area contributed by atoms with Crippen LogP contribution in [0.25, 0.3) is 11.0 Å². The topological polar surface area (TPSA) is 95.8 Å². The van der Waals surface area contributed by atoms with Gasteiger partial charge in [-0.15, -0.1) is 0 Å². The molecule has 2 fully saturated rings. The monoisotopic (exact) mass is 469 g/mol. The molecule has 0 unspecified atom stereocenters. The number of imidazole rings is 1. The predicted octanol–water partition coefficient (Wildman–Crippen LogP) is 0.611. The second kappa shape index (κ2) is 8.43. The third kappa shape index (κ3) is 4.51. The molecule has 9 nitrogen and oxygen atoms in total. The van der Waals surface area contributed by atoms with Crippen molar-refractivity contribution in [2.45, 2.75) is 37.4 Å². The van der Waals surface area contributed by atoms with E-state index in [1.165, 1.54) is 18.4 Å². The van der Waals surface area contributed by atoms with Crippen molar-refractivity contribution in [3.05, 3.63) is 24.0 Å². The summed E-state index contributed by atoms with van der Waals surface area (Å²) in [6.07, 6.45) is 0.742. The Labute approximate surface area is 184 Å². The Hall–Kier alpha value is -1.53. The predicted molar refractivity (Wildman–Crippen MR) is 120 cm³/mol. The lowest BCUT2D eigenvalue weighted by atomic mass is 10.2. The van der Waals surface area contributed by atoms with Gasteiger partial charge in [-0.3, -0.25) is 9.80 Å². The zero-order chi connectivity index (χ0) is 22.4. The van der Waals surface area contributed by atoms with Crippen LogP contribution in [0.5, 0.6) is 0 Å². The highest BCUT2D eigenvalue weighted by Crippen LogP contribution is 2.24. The molecule has 0 N–H and O–H groups in total. The molecule has 1 aromatic carbocycles. The molecule has 172 valence electrons. The van der Waals surface area contributed by atoms with Gasteiger partial charge in [-0.05, 0) is 31.5 Å². The number of nitrogens with zero attached hydrogens (tertiary/aromatic N) is 5. The van der Waals surface area contributed by atoms with Crippen LogP contribution in [0.2, 0.25) is 0 Å². The zero-order valence-corrected chi connectivity index (χ0v) is 20.0. The summed E-state index contributed by atoms with van der Waals surface area (Å²) in [4.78, 5) is 9.67. The van der Waals surface area contributed by atoms with E-state index in [9.17, 15) is 16.8 Å². The van der Waals surface area contributed by atoms with E-state index in [-0.39, 0.29) is 16.7 Å². The lowest BCUT2D eigenvalue weighted by Gasteiger charge is -2.37. The van der Waals surface area contributed by atoms with E-state index < -0.39 is 19.9 Å². The second-order valence-corrected chi connectivity index (χ2v) is 13.0. The van der Waals surface area contributed by atoms with E-state index in [0.717, 1.165) is 50.5 Å². The van der Waals surface area contributed by atoms with Crippen LogP contribution in [0.1, 0.15) is 19.2 Å². The van der Waals surface area contributed by atoms with Crippen molar-refractivity contribution in [2.24, 2.45) is 0 Å². The molecule has 2 aliphatic heterocycles. The van der Waals surface area contributed by atoms with E-state index in [2.05, 4.69) is 21.3 Å². The molecule has 31 heavy (non-hydrogen) atoms. The average Bonchev–Trinajstić information content (AvgIpc) is 3.26. The van der Waals surface area contributed by atoms with E-state index in [1.807, 2.05) is 6.07 Å². The van der Waals surface area contributed by atoms with Crippen LogP contribution < -0.4 is 0 Å². The summed E-state index contributed by atoms with van der Waals surface area (Å²) in [6.45, 7) is 6.96. The summed E-state index contributed by atoms with van der Waals surface area (Å²) in [6, 6.07) is 5.29. The number of hydrogen-bond acceptors (Lipinski definition) is 7. The van der Waals surface area contributed by atoms with Crippen molar-refractivity contribution < 1.29 is 16.8 Å². The van der Waals surface area contributed by atoms with Gasteiger partial charge in [0.15, 0.2) is 9.84 Å². The highest BCUT2D eigenvalue weighted by molar-refractivity contribution is 7.91. The van der Waals surface area contributed by atoms with Crippen molar-refractivity contribution in [1.82, 2.24) is 23.7 Å². The van der Waals surface area contributed by atoms with Gasteiger partial charge in [0.05, 0.1) is 34.0 Å². The summed E-state index contributed by atoms with van der Waals surface area (Å²) in [7, 11) is -3.32. The minimum absolute atomic E-state index is 0.157. The Bertz CT molecular complexity index is 1170. The Kier molecular flexibility index (Phi) is 6.16. The molecule has 1 atom stereocenters. The van der Waals surface area contributed by atoms with Crippen LogP contribution in [-0.2, 0) is 33.0 Å². The van der Waals surface area contributed by atoms with Crippen molar-refractivity contribution >= 4 is 30.9 Å². The minimum Gasteiger partial charge on any atom is -0.327 e. The summed E-state index contributed by atoms with van der Waals surface area (Å²) in [5.41, 5.74) is 1.62. The van der Waals surface area contributed by atoms with Crippen LogP contribution in [0.3, 0.4) is 0 Å². The Morgan fingerprint density at radius 1 is 1.16 bits per heavy atom. The highest BCUT2D eigenvalue weighted by Gasteiger charge is 2.33. The fraction of sp³-hybridized carbons (Fsp3) is 0.650. The van der Waals surface area contributed by atoms with Crippen LogP contribution in [0.15, 0.2) is 23.1 Å². The van der Waals surface area contributed by atoms with Crippen LogP contribution in [0, 0.1) is 0 Å². The van der Waals surface area contributed by atoms with Gasteiger partial charge in [-0.2, -0.15) is 0 Å². The molecule has 2 saturated heterocycles. The third-order valence-corrected chi connectivity index (χ3v) is 9.95. The molecule has 2 aromatic rings. The minimum atomic E-state index is -3.50. The maximum Gasteiger partial charge on any atom is 0.242 e. The molecule has 11 heteroatoms. The average molecular weight is 470 g/mol. The first-order chi connectivity index (χ1) is 14.6. The zero-order valence-electron chi connectivity index (χ0n) is 18.4. The van der Waals surface area contributed by atoms with Crippen molar-refractivity contribution in [2.75, 3.05) is 51.8 Å². The van der Waals surface area contributed by atoms with Crippen LogP contribution in [0.4, 0.5) is 0 Å². The number of benzene rings is 1. The fourth-order valence-corrected chi connectivity index (χ4v) is 7.24. The largest absolute Gasteiger partial charge is 0.327 e. The molecule has 0 spiro atoms. The van der Waals surface area contributed by atoms with Gasteiger partial charge in [0.25, 0.3) is 0 Å². The van der Waals surface area contributed by atoms with E-state index in [4.69, 9.17) is 4.98 Å². The summed E-state index contributed by atoms with van der Waals surface area (Å²) < 4.78 is 51.9. The number of hydrogen-bond donors (Lipinski definition) is 0. The normalized spacial score (nSPS) is 23.2. The number of sulfone groups is 1. The Morgan fingerprint density at radius 2 is 1.87 bits per heavy atom. The maximum absolute atomic E-state index is 12.5. The second-order valence-electron chi connectivity index (χ2n) is 8.58. The molecular weight excluding hydrogens is 438 g/mol. The Balaban J connectivity index is 1.48. The number of rotatable bonds is 6. The molecule has 0 amide bonds. The van der Waals surface area contributed by atoms with Gasteiger partial charge < -0.3 is 4.57 Å². The molecular formula is C20H31N5O4S2. The Morgan fingerprint density at radius 3 is 2.45 bits per heavy atom. The summed E-state index contributed by atoms with van der Waals surface area (Å²) in [5.74, 6) is 1.52. The number of fused-ring (bicyclic) bond motifs is 1. The molecule has 0 saturated carbocycles. The molecule has 0 aliphatic carbocycles. The molecule has 2 aliphatic rings. The number of sulfonamides is 1. The summed E-state index contributed by atoms with van der Waals surface area (Å²) in [5, 5.41) is 0. The van der Waals surface area contributed by atoms with Gasteiger partial charge >= 0.3 is 0 Å². The lowest BCUT2D eigenvalue weighted by molar-refractivity contribution is 0.0977. The van der Waals surface area contributed by atoms with Crippen molar-refractivity contribution in [3.8, 4) is 0 Å². The number of aryl methyl sites for hydroxylation is 1. The number of piperazine rings is 1. The van der Waals surface area contributed by atoms with Crippen molar-refractivity contribution in [3.63, 3.8) is 0 Å². The molecule has 0 radical (unpaired) electrons. The molecule has 1 aromatic heterocycles. The smallest absolute Gasteiger partial charge is 0.242 e.